The predicted molar refractivity (Wildman–Crippen MR) is 102 cm³/mol. The molecule has 0 aromatic carbocycles. The van der Waals surface area contributed by atoms with Gasteiger partial charge in [0, 0.05) is 37.9 Å². The number of ether oxygens (including phenoxy) is 1. The number of carbonyl (C=O) groups is 1. The topological polar surface area (TPSA) is 76.7 Å². The van der Waals surface area contributed by atoms with Crippen LogP contribution in [0.5, 0.6) is 0 Å². The largest absolute Gasteiger partial charge is 0.454 e. The van der Waals surface area contributed by atoms with Gasteiger partial charge in [-0.3, -0.25) is 14.5 Å². The maximum Gasteiger partial charge on any atom is 0.287 e. The number of aromatic nitrogens is 1. The second-order valence-corrected chi connectivity index (χ2v) is 7.10. The van der Waals surface area contributed by atoms with Crippen molar-refractivity contribution < 1.29 is 13.9 Å². The number of nitrogens with zero attached hydrogens (tertiary/aromatic N) is 2. The van der Waals surface area contributed by atoms with Crippen LogP contribution < -0.4 is 10.9 Å². The number of hydrogen-bond acceptors (Lipinski definition) is 5. The first-order valence-electron chi connectivity index (χ1n) is 9.39. The van der Waals surface area contributed by atoms with Crippen LogP contribution in [0.2, 0.25) is 0 Å². The first kappa shape index (κ1) is 19.4. The summed E-state index contributed by atoms with van der Waals surface area (Å²) in [6.45, 7) is 8.42. The van der Waals surface area contributed by atoms with Gasteiger partial charge >= 0.3 is 0 Å². The number of nitrogens with one attached hydrogen (secondary N) is 1. The Hall–Kier alpha value is -2.38. The highest BCUT2D eigenvalue weighted by atomic mass is 16.5. The van der Waals surface area contributed by atoms with E-state index in [-0.39, 0.29) is 23.3 Å². The molecule has 2 aromatic rings. The zero-order valence-electron chi connectivity index (χ0n) is 15.9. The summed E-state index contributed by atoms with van der Waals surface area (Å²) in [6, 6.07) is 8.62. The van der Waals surface area contributed by atoms with Crippen molar-refractivity contribution in [3.8, 4) is 0 Å². The summed E-state index contributed by atoms with van der Waals surface area (Å²) in [6.07, 6.45) is 1.69. The predicted octanol–water partition coefficient (Wildman–Crippen LogP) is 1.58. The molecule has 3 heterocycles. The minimum absolute atomic E-state index is 0.106. The lowest BCUT2D eigenvalue weighted by Gasteiger charge is -2.36. The van der Waals surface area contributed by atoms with Crippen molar-refractivity contribution in [2.24, 2.45) is 5.92 Å². The van der Waals surface area contributed by atoms with E-state index in [9.17, 15) is 9.59 Å². The van der Waals surface area contributed by atoms with Crippen LogP contribution in [-0.4, -0.2) is 54.3 Å². The second kappa shape index (κ2) is 9.01. The Morgan fingerprint density at radius 1 is 1.19 bits per heavy atom. The molecule has 1 amide bonds. The van der Waals surface area contributed by atoms with E-state index in [4.69, 9.17) is 9.15 Å². The second-order valence-electron chi connectivity index (χ2n) is 7.10. The molecule has 0 spiro atoms. The Bertz CT molecular complexity index is 805. The molecule has 0 bridgehead atoms. The molecule has 3 rings (SSSR count). The summed E-state index contributed by atoms with van der Waals surface area (Å²) in [5.74, 6) is 1.02. The van der Waals surface area contributed by atoms with Crippen LogP contribution >= 0.6 is 0 Å². The number of rotatable bonds is 7. The third kappa shape index (κ3) is 5.08. The quantitative estimate of drug-likeness (QED) is 0.797. The van der Waals surface area contributed by atoms with Gasteiger partial charge in [-0.05, 0) is 24.1 Å². The van der Waals surface area contributed by atoms with Crippen molar-refractivity contribution in [3.63, 3.8) is 0 Å². The lowest BCUT2D eigenvalue weighted by molar-refractivity contribution is 0.00665. The van der Waals surface area contributed by atoms with E-state index < -0.39 is 0 Å². The summed E-state index contributed by atoms with van der Waals surface area (Å²) < 4.78 is 12.6. The Morgan fingerprint density at radius 3 is 2.67 bits per heavy atom. The fraction of sp³-hybridized carbons (Fsp3) is 0.500. The molecular weight excluding hydrogens is 346 g/mol. The summed E-state index contributed by atoms with van der Waals surface area (Å²) in [7, 11) is 0. The molecular formula is C20H27N3O4. The molecule has 1 aliphatic heterocycles. The molecule has 1 aliphatic rings. The van der Waals surface area contributed by atoms with E-state index in [0.717, 1.165) is 26.3 Å². The van der Waals surface area contributed by atoms with Crippen molar-refractivity contribution in [3.05, 3.63) is 58.4 Å². The third-order valence-electron chi connectivity index (χ3n) is 4.87. The van der Waals surface area contributed by atoms with Gasteiger partial charge in [0.2, 0.25) is 0 Å². The zero-order chi connectivity index (χ0) is 19.2. The number of carbonyl (C=O) groups excluding carboxylic acids is 1. The standard InChI is InChI=1S/C20H27N3O4/c1-15(2)17(22-9-11-26-12-10-22)13-21-20(25)18-7-6-16(27-18)14-23-8-4-3-5-19(23)24/h3-8,15,17H,9-14H2,1-2H3,(H,21,25). The summed E-state index contributed by atoms with van der Waals surface area (Å²) >= 11 is 0. The molecule has 146 valence electrons. The fourth-order valence-corrected chi connectivity index (χ4v) is 3.32. The third-order valence-corrected chi connectivity index (χ3v) is 4.87. The SMILES string of the molecule is CC(C)C(CNC(=O)c1ccc(Cn2ccccc2=O)o1)N1CCOCC1. The molecule has 2 aromatic heterocycles. The molecule has 1 fully saturated rings. The van der Waals surface area contributed by atoms with Gasteiger partial charge in [0.15, 0.2) is 5.76 Å². The van der Waals surface area contributed by atoms with Crippen LogP contribution in [-0.2, 0) is 11.3 Å². The first-order valence-corrected chi connectivity index (χ1v) is 9.39. The monoisotopic (exact) mass is 373 g/mol. The average molecular weight is 373 g/mol. The molecule has 27 heavy (non-hydrogen) atoms. The van der Waals surface area contributed by atoms with Crippen LogP contribution in [0.4, 0.5) is 0 Å². The highest BCUT2D eigenvalue weighted by Crippen LogP contribution is 2.13. The van der Waals surface area contributed by atoms with Crippen molar-refractivity contribution in [1.29, 1.82) is 0 Å². The Balaban J connectivity index is 1.58. The van der Waals surface area contributed by atoms with E-state index in [1.165, 1.54) is 10.6 Å². The highest BCUT2D eigenvalue weighted by Gasteiger charge is 2.24. The smallest absolute Gasteiger partial charge is 0.287 e. The van der Waals surface area contributed by atoms with E-state index >= 15 is 0 Å². The first-order chi connectivity index (χ1) is 13.0. The molecule has 0 aliphatic carbocycles. The maximum absolute atomic E-state index is 12.5. The van der Waals surface area contributed by atoms with E-state index in [1.54, 1.807) is 30.5 Å². The van der Waals surface area contributed by atoms with Crippen molar-refractivity contribution in [2.45, 2.75) is 26.4 Å². The Morgan fingerprint density at radius 2 is 1.96 bits per heavy atom. The number of amides is 1. The van der Waals surface area contributed by atoms with Gasteiger partial charge < -0.3 is 19.0 Å². The van der Waals surface area contributed by atoms with Crippen LogP contribution in [0.1, 0.15) is 30.2 Å². The fourth-order valence-electron chi connectivity index (χ4n) is 3.32. The number of furan rings is 1. The van der Waals surface area contributed by atoms with Crippen LogP contribution in [0.15, 0.2) is 45.7 Å². The minimum Gasteiger partial charge on any atom is -0.454 e. The normalized spacial score (nSPS) is 16.4. The van der Waals surface area contributed by atoms with Crippen molar-refractivity contribution >= 4 is 5.91 Å². The maximum atomic E-state index is 12.5. The van der Waals surface area contributed by atoms with Gasteiger partial charge in [0.05, 0.1) is 19.8 Å². The number of pyridine rings is 1. The van der Waals surface area contributed by atoms with E-state index in [2.05, 4.69) is 24.1 Å². The van der Waals surface area contributed by atoms with Gasteiger partial charge in [-0.15, -0.1) is 0 Å². The van der Waals surface area contributed by atoms with Gasteiger partial charge in [-0.25, -0.2) is 0 Å². The van der Waals surface area contributed by atoms with E-state index in [0.29, 0.717) is 24.8 Å². The highest BCUT2D eigenvalue weighted by molar-refractivity contribution is 5.91. The molecule has 0 saturated carbocycles. The van der Waals surface area contributed by atoms with Crippen LogP contribution in [0.25, 0.3) is 0 Å². The van der Waals surface area contributed by atoms with E-state index in [1.807, 2.05) is 0 Å². The molecule has 1 unspecified atom stereocenters. The van der Waals surface area contributed by atoms with Gasteiger partial charge in [-0.1, -0.05) is 19.9 Å². The number of morpholine rings is 1. The van der Waals surface area contributed by atoms with Crippen LogP contribution in [0.3, 0.4) is 0 Å². The molecule has 7 heteroatoms. The van der Waals surface area contributed by atoms with Gasteiger partial charge in [0.25, 0.3) is 11.5 Å². The molecule has 7 nitrogen and oxygen atoms in total. The summed E-state index contributed by atoms with van der Waals surface area (Å²) in [5.41, 5.74) is -0.106. The van der Waals surface area contributed by atoms with Crippen LogP contribution in [0, 0.1) is 5.92 Å². The molecule has 1 atom stereocenters. The molecule has 0 radical (unpaired) electrons. The minimum atomic E-state index is -0.236. The number of hydrogen-bond donors (Lipinski definition) is 1. The Kier molecular flexibility index (Phi) is 6.47. The van der Waals surface area contributed by atoms with Gasteiger partial charge in [0.1, 0.15) is 5.76 Å². The van der Waals surface area contributed by atoms with Gasteiger partial charge in [-0.2, -0.15) is 0 Å². The lowest BCUT2D eigenvalue weighted by Crippen LogP contribution is -2.51. The zero-order valence-corrected chi connectivity index (χ0v) is 15.9. The van der Waals surface area contributed by atoms with Crippen molar-refractivity contribution in [2.75, 3.05) is 32.8 Å². The molecule has 1 N–H and O–H groups in total. The summed E-state index contributed by atoms with van der Waals surface area (Å²) in [5, 5.41) is 2.98. The molecule has 1 saturated heterocycles. The average Bonchev–Trinajstić information content (AvgIpc) is 3.13. The Labute approximate surface area is 158 Å². The summed E-state index contributed by atoms with van der Waals surface area (Å²) in [4.78, 5) is 26.6. The van der Waals surface area contributed by atoms with Crippen molar-refractivity contribution in [1.82, 2.24) is 14.8 Å². The lowest BCUT2D eigenvalue weighted by atomic mass is 10.0.